The predicted molar refractivity (Wildman–Crippen MR) is 129 cm³/mol. The number of hydrogen-bond donors (Lipinski definition) is 0. The number of hydrogen-bond acceptors (Lipinski definition) is 7. The lowest BCUT2D eigenvalue weighted by molar-refractivity contribution is -0.154. The zero-order chi connectivity index (χ0) is 25.3. The summed E-state index contributed by atoms with van der Waals surface area (Å²) in [4.78, 5) is 23.0. The highest BCUT2D eigenvalue weighted by Crippen LogP contribution is 2.59. The Morgan fingerprint density at radius 2 is 1.82 bits per heavy atom. The average Bonchev–Trinajstić information content (AvgIpc) is 3.08. The third-order valence-electron chi connectivity index (χ3n) is 8.86. The van der Waals surface area contributed by atoms with Crippen LogP contribution in [0.15, 0.2) is 11.1 Å². The third-order valence-corrected chi connectivity index (χ3v) is 9.45. The largest absolute Gasteiger partial charge is 0.463 e. The molecule has 0 aromatic rings. The average molecular weight is 499 g/mol. The van der Waals surface area contributed by atoms with Gasteiger partial charge in [0.05, 0.1) is 12.9 Å². The van der Waals surface area contributed by atoms with Crippen LogP contribution in [0.25, 0.3) is 0 Å². The van der Waals surface area contributed by atoms with Gasteiger partial charge in [-0.15, -0.1) is 0 Å². The Morgan fingerprint density at radius 3 is 2.44 bits per heavy atom. The van der Waals surface area contributed by atoms with E-state index in [2.05, 4.69) is 13.8 Å². The molecule has 8 heteroatoms. The van der Waals surface area contributed by atoms with E-state index in [1.54, 1.807) is 0 Å². The minimum Gasteiger partial charge on any atom is -0.463 e. The summed E-state index contributed by atoms with van der Waals surface area (Å²) in [6, 6.07) is 0. The summed E-state index contributed by atoms with van der Waals surface area (Å²) in [5.41, 5.74) is 2.84. The number of ether oxygens (including phenoxy) is 2. The molecule has 0 radical (unpaired) electrons. The fourth-order valence-corrected chi connectivity index (χ4v) is 7.74. The molecule has 3 aliphatic carbocycles. The van der Waals surface area contributed by atoms with Gasteiger partial charge in [-0.25, -0.2) is 0 Å². The Bertz CT molecular complexity index is 908. The van der Waals surface area contributed by atoms with Crippen molar-refractivity contribution in [3.63, 3.8) is 0 Å². The van der Waals surface area contributed by atoms with E-state index >= 15 is 0 Å². The van der Waals surface area contributed by atoms with E-state index in [-0.39, 0.29) is 42.1 Å². The van der Waals surface area contributed by atoms with Crippen LogP contribution in [0.5, 0.6) is 0 Å². The van der Waals surface area contributed by atoms with Gasteiger partial charge in [0.25, 0.3) is 10.1 Å². The van der Waals surface area contributed by atoms with Crippen LogP contribution in [0.3, 0.4) is 0 Å². The number of rotatable bonds is 8. The molecule has 0 unspecified atom stereocenters. The quantitative estimate of drug-likeness (QED) is 0.269. The van der Waals surface area contributed by atoms with Crippen molar-refractivity contribution in [3.8, 4) is 0 Å². The second-order valence-electron chi connectivity index (χ2n) is 11.0. The lowest BCUT2D eigenvalue weighted by atomic mass is 9.50. The normalized spacial score (nSPS) is 34.9. The van der Waals surface area contributed by atoms with Crippen LogP contribution in [0.1, 0.15) is 86.0 Å². The first-order valence-corrected chi connectivity index (χ1v) is 14.5. The number of carbonyl (C=O) groups excluding carboxylic acids is 2. The summed E-state index contributed by atoms with van der Waals surface area (Å²) in [5.74, 6) is 0.852. The molecule has 0 saturated heterocycles. The van der Waals surface area contributed by atoms with Crippen LogP contribution < -0.4 is 0 Å². The van der Waals surface area contributed by atoms with Gasteiger partial charge in [-0.05, 0) is 88.4 Å². The van der Waals surface area contributed by atoms with E-state index in [1.807, 2.05) is 6.92 Å². The van der Waals surface area contributed by atoms with E-state index in [4.69, 9.17) is 13.7 Å². The number of fused-ring (bicyclic) bond motifs is 1. The molecule has 0 heterocycles. The standard InChI is InChI=1S/C26H42O7S/c1-16-22(17(2)32-18(3)27)9-10-23(16)24-8-7-20-15-21(33-19(4)28)11-13-26(20,5)25(24)12-14-31-34(6,29)30/h17,20-22,24-25H,7-15H2,1-6H3/t17-,20-,21+,22+,24+,25+,26+/m1/s1. The molecule has 0 aromatic heterocycles. The second kappa shape index (κ2) is 10.7. The fourth-order valence-electron chi connectivity index (χ4n) is 7.35. The van der Waals surface area contributed by atoms with E-state index < -0.39 is 10.1 Å². The highest BCUT2D eigenvalue weighted by atomic mass is 32.2. The van der Waals surface area contributed by atoms with Crippen molar-refractivity contribution in [1.29, 1.82) is 0 Å². The molecule has 2 saturated carbocycles. The van der Waals surface area contributed by atoms with Crippen LogP contribution in [0.4, 0.5) is 0 Å². The molecule has 0 aromatic carbocycles. The topological polar surface area (TPSA) is 96.0 Å². The maximum Gasteiger partial charge on any atom is 0.302 e. The molecule has 194 valence electrons. The lowest BCUT2D eigenvalue weighted by Crippen LogP contribution is -2.49. The minimum absolute atomic E-state index is 0.0264. The smallest absolute Gasteiger partial charge is 0.302 e. The van der Waals surface area contributed by atoms with Gasteiger partial charge in [-0.1, -0.05) is 18.1 Å². The van der Waals surface area contributed by atoms with Crippen molar-refractivity contribution in [2.45, 2.75) is 98.2 Å². The number of esters is 2. The maximum atomic E-state index is 11.7. The molecule has 34 heavy (non-hydrogen) atoms. The van der Waals surface area contributed by atoms with Crippen LogP contribution in [0.2, 0.25) is 0 Å². The molecule has 3 rings (SSSR count). The van der Waals surface area contributed by atoms with Crippen molar-refractivity contribution >= 4 is 22.1 Å². The first-order valence-electron chi connectivity index (χ1n) is 12.7. The van der Waals surface area contributed by atoms with Gasteiger partial charge in [0.15, 0.2) is 0 Å². The van der Waals surface area contributed by atoms with E-state index in [0.717, 1.165) is 51.2 Å². The SMILES string of the molecule is CC(=O)O[C@H]1CC[C@@]2(C)[C@H](CC[C@@H](C3=C(C)[C@@H]([C@@H](C)OC(C)=O)CC3)[C@@H]2CCOS(C)(=O)=O)C1. The van der Waals surface area contributed by atoms with Crippen molar-refractivity contribution < 1.29 is 31.7 Å². The van der Waals surface area contributed by atoms with Gasteiger partial charge in [-0.3, -0.25) is 13.8 Å². The molecule has 0 aliphatic heterocycles. The third kappa shape index (κ3) is 6.23. The molecule has 7 nitrogen and oxygen atoms in total. The highest BCUT2D eigenvalue weighted by molar-refractivity contribution is 7.85. The van der Waals surface area contributed by atoms with E-state index in [1.165, 1.54) is 25.0 Å². The number of allylic oxidation sites excluding steroid dienone is 1. The summed E-state index contributed by atoms with van der Waals surface area (Å²) in [6.45, 7) is 9.63. The lowest BCUT2D eigenvalue weighted by Gasteiger charge is -2.55. The van der Waals surface area contributed by atoms with Gasteiger partial charge in [0.1, 0.15) is 12.2 Å². The van der Waals surface area contributed by atoms with Crippen LogP contribution in [-0.2, 0) is 33.4 Å². The van der Waals surface area contributed by atoms with Gasteiger partial charge in [0.2, 0.25) is 0 Å². The van der Waals surface area contributed by atoms with Gasteiger partial charge in [-0.2, -0.15) is 8.42 Å². The Labute approximate surface area is 205 Å². The predicted octanol–water partition coefficient (Wildman–Crippen LogP) is 4.80. The summed E-state index contributed by atoms with van der Waals surface area (Å²) < 4.78 is 39.6. The molecular weight excluding hydrogens is 456 g/mol. The minimum atomic E-state index is -3.49. The van der Waals surface area contributed by atoms with Gasteiger partial charge < -0.3 is 9.47 Å². The van der Waals surface area contributed by atoms with Crippen molar-refractivity contribution in [3.05, 3.63) is 11.1 Å². The van der Waals surface area contributed by atoms with Gasteiger partial charge in [0, 0.05) is 19.8 Å². The molecule has 7 atom stereocenters. The Morgan fingerprint density at radius 1 is 1.12 bits per heavy atom. The first-order chi connectivity index (χ1) is 15.8. The molecule has 3 aliphatic rings. The van der Waals surface area contributed by atoms with E-state index in [0.29, 0.717) is 24.2 Å². The summed E-state index contributed by atoms with van der Waals surface area (Å²) in [5, 5.41) is 0. The monoisotopic (exact) mass is 498 g/mol. The molecule has 0 bridgehead atoms. The van der Waals surface area contributed by atoms with Crippen LogP contribution in [-0.4, -0.2) is 45.4 Å². The Hall–Kier alpha value is -1.41. The van der Waals surface area contributed by atoms with Crippen LogP contribution >= 0.6 is 0 Å². The van der Waals surface area contributed by atoms with Crippen molar-refractivity contribution in [2.24, 2.45) is 29.1 Å². The zero-order valence-electron chi connectivity index (χ0n) is 21.6. The van der Waals surface area contributed by atoms with Crippen molar-refractivity contribution in [1.82, 2.24) is 0 Å². The molecule has 0 N–H and O–H groups in total. The molecule has 0 amide bonds. The first kappa shape index (κ1) is 27.2. The fraction of sp³-hybridized carbons (Fsp3) is 0.846. The Balaban J connectivity index is 1.85. The number of carbonyl (C=O) groups is 2. The maximum absolute atomic E-state index is 11.7. The summed E-state index contributed by atoms with van der Waals surface area (Å²) in [6.07, 6.45) is 8.36. The van der Waals surface area contributed by atoms with Crippen LogP contribution in [0, 0.1) is 29.1 Å². The Kier molecular flexibility index (Phi) is 8.54. The zero-order valence-corrected chi connectivity index (χ0v) is 22.4. The van der Waals surface area contributed by atoms with E-state index in [9.17, 15) is 18.0 Å². The summed E-state index contributed by atoms with van der Waals surface area (Å²) >= 11 is 0. The highest BCUT2D eigenvalue weighted by Gasteiger charge is 2.52. The van der Waals surface area contributed by atoms with Crippen molar-refractivity contribution in [2.75, 3.05) is 12.9 Å². The molecular formula is C26H42O7S. The molecule has 0 spiro atoms. The second-order valence-corrected chi connectivity index (χ2v) is 12.6. The van der Waals surface area contributed by atoms with Gasteiger partial charge >= 0.3 is 11.9 Å². The summed E-state index contributed by atoms with van der Waals surface area (Å²) in [7, 11) is -3.49. The molecule has 2 fully saturated rings.